The van der Waals surface area contributed by atoms with Crippen LogP contribution in [0, 0.1) is 10.1 Å². The third-order valence-electron chi connectivity index (χ3n) is 2.48. The third-order valence-corrected chi connectivity index (χ3v) is 2.48. The summed E-state index contributed by atoms with van der Waals surface area (Å²) in [6.07, 6.45) is -0.513. The predicted molar refractivity (Wildman–Crippen MR) is 70.0 cm³/mol. The Kier molecular flexibility index (Phi) is 5.53. The van der Waals surface area contributed by atoms with Crippen molar-refractivity contribution in [3.8, 4) is 5.75 Å². The molecule has 1 atom stereocenters. The number of non-ortho nitro benzene ring substituents is 1. The van der Waals surface area contributed by atoms with Crippen molar-refractivity contribution in [1.29, 1.82) is 0 Å². The van der Waals surface area contributed by atoms with Crippen molar-refractivity contribution in [2.45, 2.75) is 26.4 Å². The van der Waals surface area contributed by atoms with Crippen LogP contribution in [-0.2, 0) is 14.3 Å². The van der Waals surface area contributed by atoms with E-state index >= 15 is 0 Å². The molecule has 0 aliphatic rings. The van der Waals surface area contributed by atoms with Crippen LogP contribution >= 0.6 is 0 Å². The molecule has 1 aromatic rings. The monoisotopic (exact) mass is 295 g/mol. The molecule has 0 saturated carbocycles. The second kappa shape index (κ2) is 7.13. The number of nitro benzene ring substituents is 1. The Morgan fingerprint density at radius 2 is 2.10 bits per heavy atom. The quantitative estimate of drug-likeness (QED) is 0.258. The molecule has 0 aliphatic carbocycles. The van der Waals surface area contributed by atoms with E-state index in [9.17, 15) is 24.5 Å². The molecule has 1 rings (SSSR count). The number of aldehydes is 1. The van der Waals surface area contributed by atoms with Crippen molar-refractivity contribution in [2.75, 3.05) is 0 Å². The van der Waals surface area contributed by atoms with Crippen molar-refractivity contribution >= 4 is 23.9 Å². The SMILES string of the molecule is CCC(Oc1ccc([N+](=O)[O-])cc1C=O)C(=O)OC(C)=O. The van der Waals surface area contributed by atoms with Gasteiger partial charge >= 0.3 is 11.9 Å². The molecule has 0 radical (unpaired) electrons. The zero-order valence-corrected chi connectivity index (χ0v) is 11.4. The van der Waals surface area contributed by atoms with Crippen LogP contribution in [0.3, 0.4) is 0 Å². The lowest BCUT2D eigenvalue weighted by molar-refractivity contribution is -0.384. The number of esters is 2. The zero-order valence-electron chi connectivity index (χ0n) is 11.4. The molecular formula is C13H13NO7. The van der Waals surface area contributed by atoms with Gasteiger partial charge in [0.15, 0.2) is 12.4 Å². The summed E-state index contributed by atoms with van der Waals surface area (Å²) in [5.41, 5.74) is -0.345. The number of hydrogen-bond acceptors (Lipinski definition) is 7. The number of carbonyl (C=O) groups is 3. The van der Waals surface area contributed by atoms with Gasteiger partial charge in [-0.25, -0.2) is 4.79 Å². The molecule has 0 saturated heterocycles. The highest BCUT2D eigenvalue weighted by atomic mass is 16.6. The second-order valence-electron chi connectivity index (χ2n) is 4.02. The summed E-state index contributed by atoms with van der Waals surface area (Å²) in [6.45, 7) is 2.70. The maximum atomic E-state index is 11.6. The minimum absolute atomic E-state index is 0.00273. The van der Waals surface area contributed by atoms with Gasteiger partial charge in [0.1, 0.15) is 5.75 Å². The molecule has 0 aromatic heterocycles. The van der Waals surface area contributed by atoms with Gasteiger partial charge in [0.05, 0.1) is 10.5 Å². The van der Waals surface area contributed by atoms with Gasteiger partial charge in [-0.05, 0) is 12.5 Å². The van der Waals surface area contributed by atoms with Crippen LogP contribution in [-0.4, -0.2) is 29.3 Å². The molecule has 0 amide bonds. The van der Waals surface area contributed by atoms with Crippen molar-refractivity contribution < 1.29 is 28.8 Å². The fourth-order valence-electron chi connectivity index (χ4n) is 1.51. The predicted octanol–water partition coefficient (Wildman–Crippen LogP) is 1.65. The van der Waals surface area contributed by atoms with Gasteiger partial charge in [-0.15, -0.1) is 0 Å². The minimum atomic E-state index is -1.09. The van der Waals surface area contributed by atoms with E-state index in [1.807, 2.05) is 0 Å². The van der Waals surface area contributed by atoms with Gasteiger partial charge in [-0.1, -0.05) is 6.92 Å². The molecule has 0 aliphatic heterocycles. The summed E-state index contributed by atoms with van der Waals surface area (Å²) in [4.78, 5) is 43.3. The molecule has 0 N–H and O–H groups in total. The summed E-state index contributed by atoms with van der Waals surface area (Å²) in [7, 11) is 0. The Balaban J connectivity index is 2.99. The zero-order chi connectivity index (χ0) is 16.0. The number of benzene rings is 1. The first-order valence-corrected chi connectivity index (χ1v) is 6.01. The molecule has 0 bridgehead atoms. The van der Waals surface area contributed by atoms with E-state index in [1.165, 1.54) is 6.07 Å². The number of nitro groups is 1. The molecule has 112 valence electrons. The lowest BCUT2D eigenvalue weighted by atomic mass is 10.2. The van der Waals surface area contributed by atoms with E-state index in [1.54, 1.807) is 6.92 Å². The average molecular weight is 295 g/mol. The Morgan fingerprint density at radius 1 is 1.43 bits per heavy atom. The standard InChI is InChI=1S/C13H13NO7/c1-3-11(13(17)20-8(2)16)21-12-5-4-10(14(18)19)6-9(12)7-15/h4-7,11H,3H2,1-2H3. The van der Waals surface area contributed by atoms with Gasteiger partial charge in [0, 0.05) is 19.1 Å². The first kappa shape index (κ1) is 16.3. The van der Waals surface area contributed by atoms with Crippen LogP contribution in [0.1, 0.15) is 30.6 Å². The summed E-state index contributed by atoms with van der Waals surface area (Å²) < 4.78 is 9.71. The highest BCUT2D eigenvalue weighted by Crippen LogP contribution is 2.24. The topological polar surface area (TPSA) is 113 Å². The van der Waals surface area contributed by atoms with Crippen molar-refractivity contribution in [1.82, 2.24) is 0 Å². The smallest absolute Gasteiger partial charge is 0.354 e. The Labute approximate surface area is 119 Å². The van der Waals surface area contributed by atoms with E-state index < -0.39 is 23.0 Å². The number of nitrogens with zero attached hydrogens (tertiary/aromatic N) is 1. The van der Waals surface area contributed by atoms with E-state index in [2.05, 4.69) is 4.74 Å². The van der Waals surface area contributed by atoms with E-state index in [-0.39, 0.29) is 23.4 Å². The Morgan fingerprint density at radius 3 is 2.57 bits per heavy atom. The van der Waals surface area contributed by atoms with Crippen molar-refractivity contribution in [3.63, 3.8) is 0 Å². The molecular weight excluding hydrogens is 282 g/mol. The van der Waals surface area contributed by atoms with Gasteiger partial charge < -0.3 is 9.47 Å². The third kappa shape index (κ3) is 4.37. The second-order valence-corrected chi connectivity index (χ2v) is 4.02. The molecule has 8 nitrogen and oxygen atoms in total. The Hall–Kier alpha value is -2.77. The summed E-state index contributed by atoms with van der Waals surface area (Å²) in [6, 6.07) is 3.39. The molecule has 0 fully saturated rings. The fraction of sp³-hybridized carbons (Fsp3) is 0.308. The molecule has 1 unspecified atom stereocenters. The highest BCUT2D eigenvalue weighted by molar-refractivity contribution is 5.87. The first-order chi connectivity index (χ1) is 9.88. The van der Waals surface area contributed by atoms with Crippen LogP contribution in [0.5, 0.6) is 5.75 Å². The highest BCUT2D eigenvalue weighted by Gasteiger charge is 2.23. The normalized spacial score (nSPS) is 11.3. The van der Waals surface area contributed by atoms with Crippen molar-refractivity contribution in [3.05, 3.63) is 33.9 Å². The van der Waals surface area contributed by atoms with E-state index in [0.29, 0.717) is 6.29 Å². The summed E-state index contributed by atoms with van der Waals surface area (Å²) >= 11 is 0. The molecule has 8 heteroatoms. The summed E-state index contributed by atoms with van der Waals surface area (Å²) in [5, 5.41) is 10.6. The maximum absolute atomic E-state index is 11.6. The molecule has 21 heavy (non-hydrogen) atoms. The van der Waals surface area contributed by atoms with Crippen LogP contribution in [0.4, 0.5) is 5.69 Å². The molecule has 1 aromatic carbocycles. The average Bonchev–Trinajstić information content (AvgIpc) is 2.43. The van der Waals surface area contributed by atoms with Gasteiger partial charge in [0.2, 0.25) is 0 Å². The number of rotatable bonds is 6. The van der Waals surface area contributed by atoms with Crippen LogP contribution in [0.25, 0.3) is 0 Å². The summed E-state index contributed by atoms with van der Waals surface area (Å²) in [5.74, 6) is -1.66. The van der Waals surface area contributed by atoms with E-state index in [0.717, 1.165) is 19.1 Å². The van der Waals surface area contributed by atoms with Crippen LogP contribution < -0.4 is 4.74 Å². The largest absolute Gasteiger partial charge is 0.478 e. The fourth-order valence-corrected chi connectivity index (χ4v) is 1.51. The number of ether oxygens (including phenoxy) is 2. The lowest BCUT2D eigenvalue weighted by Gasteiger charge is -2.16. The lowest BCUT2D eigenvalue weighted by Crippen LogP contribution is -2.30. The maximum Gasteiger partial charge on any atom is 0.354 e. The number of hydrogen-bond donors (Lipinski definition) is 0. The van der Waals surface area contributed by atoms with Crippen LogP contribution in [0.2, 0.25) is 0 Å². The van der Waals surface area contributed by atoms with Crippen LogP contribution in [0.15, 0.2) is 18.2 Å². The first-order valence-electron chi connectivity index (χ1n) is 6.01. The number of carbonyl (C=O) groups excluding carboxylic acids is 3. The molecule has 0 spiro atoms. The minimum Gasteiger partial charge on any atom is -0.478 e. The van der Waals surface area contributed by atoms with Gasteiger partial charge in [-0.2, -0.15) is 0 Å². The Bertz CT molecular complexity index is 582. The van der Waals surface area contributed by atoms with Gasteiger partial charge in [-0.3, -0.25) is 19.7 Å². The van der Waals surface area contributed by atoms with Crippen molar-refractivity contribution in [2.24, 2.45) is 0 Å². The molecule has 0 heterocycles. The van der Waals surface area contributed by atoms with E-state index in [4.69, 9.17) is 4.74 Å². The van der Waals surface area contributed by atoms with Gasteiger partial charge in [0.25, 0.3) is 5.69 Å².